The molecule has 0 heterocycles. The molecule has 70 heavy (non-hydrogen) atoms. The average molecular weight is 998 g/mol. The fourth-order valence-corrected chi connectivity index (χ4v) is 7.59. The Morgan fingerprint density at radius 3 is 0.929 bits per heavy atom. The molecule has 0 N–H and O–H groups in total. The second-order valence-corrected chi connectivity index (χ2v) is 19.1. The molecule has 0 bridgehead atoms. The number of unbranched alkanes of at least 4 members (excludes halogenated alkanes) is 22. The number of esters is 7. The molecule has 15 heteroatoms. The van der Waals surface area contributed by atoms with Crippen LogP contribution in [0, 0.1) is 0 Å². The van der Waals surface area contributed by atoms with E-state index in [1.807, 2.05) is 14.1 Å². The summed E-state index contributed by atoms with van der Waals surface area (Å²) in [6.07, 6.45) is 24.3. The topological polar surface area (TPSA) is 187 Å². The highest BCUT2D eigenvalue weighted by atomic mass is 16.6. The lowest BCUT2D eigenvalue weighted by Crippen LogP contribution is -2.48. The van der Waals surface area contributed by atoms with Gasteiger partial charge in [0.2, 0.25) is 5.60 Å². The smallest absolute Gasteiger partial charge is 0.351 e. The van der Waals surface area contributed by atoms with Gasteiger partial charge < -0.3 is 38.1 Å². The SMILES string of the molecule is CCCCCCCC(=O)OCCCCCOC(=O)CC(CC(=O)OCCCCCOC(=O)CCCCCCC)(OC(=O)CCCCCCCN(C)C)C(=O)OCCCCCOC(=O)CCCCCCC. The van der Waals surface area contributed by atoms with Crippen LogP contribution in [0.2, 0.25) is 0 Å². The van der Waals surface area contributed by atoms with E-state index < -0.39 is 42.3 Å². The lowest BCUT2D eigenvalue weighted by molar-refractivity contribution is -0.191. The molecule has 0 aliphatic heterocycles. The minimum absolute atomic E-state index is 0.000742. The maximum Gasteiger partial charge on any atom is 0.351 e. The quantitative estimate of drug-likeness (QED) is 0.0318. The Morgan fingerprint density at radius 1 is 0.314 bits per heavy atom. The highest BCUT2D eigenvalue weighted by Gasteiger charge is 2.49. The molecule has 0 aromatic rings. The van der Waals surface area contributed by atoms with E-state index >= 15 is 0 Å². The molecule has 408 valence electrons. The first-order chi connectivity index (χ1) is 33.9. The normalized spacial score (nSPS) is 11.3. The van der Waals surface area contributed by atoms with Crippen molar-refractivity contribution in [1.82, 2.24) is 4.90 Å². The van der Waals surface area contributed by atoms with Crippen molar-refractivity contribution in [2.45, 2.75) is 251 Å². The van der Waals surface area contributed by atoms with Gasteiger partial charge in [-0.1, -0.05) is 117 Å². The van der Waals surface area contributed by atoms with E-state index in [4.69, 9.17) is 33.2 Å². The van der Waals surface area contributed by atoms with Crippen LogP contribution in [0.5, 0.6) is 0 Å². The molecule has 0 spiro atoms. The fraction of sp³-hybridized carbons (Fsp3) is 0.873. The zero-order chi connectivity index (χ0) is 51.8. The lowest BCUT2D eigenvalue weighted by atomic mass is 9.94. The molecule has 0 atom stereocenters. The molecule has 15 nitrogen and oxygen atoms in total. The van der Waals surface area contributed by atoms with E-state index in [9.17, 15) is 33.6 Å². The van der Waals surface area contributed by atoms with Crippen molar-refractivity contribution in [3.05, 3.63) is 0 Å². The highest BCUT2D eigenvalue weighted by Crippen LogP contribution is 2.27. The molecular weight excluding hydrogens is 899 g/mol. The number of ether oxygens (including phenoxy) is 7. The van der Waals surface area contributed by atoms with Crippen molar-refractivity contribution in [2.75, 3.05) is 60.3 Å². The third kappa shape index (κ3) is 42.0. The Bertz CT molecular complexity index is 1300. The Labute approximate surface area is 423 Å². The van der Waals surface area contributed by atoms with E-state index in [0.717, 1.165) is 129 Å². The van der Waals surface area contributed by atoms with Crippen LogP contribution in [-0.4, -0.2) is 113 Å². The summed E-state index contributed by atoms with van der Waals surface area (Å²) in [5.74, 6) is -4.16. The summed E-state index contributed by atoms with van der Waals surface area (Å²) in [4.78, 5) is 92.9. The number of hydrogen-bond donors (Lipinski definition) is 0. The minimum Gasteiger partial charge on any atom is -0.466 e. The first-order valence-electron chi connectivity index (χ1n) is 27.7. The first kappa shape index (κ1) is 66.2. The molecule has 0 aromatic carbocycles. The summed E-state index contributed by atoms with van der Waals surface area (Å²) >= 11 is 0. The predicted octanol–water partition coefficient (Wildman–Crippen LogP) is 11.8. The van der Waals surface area contributed by atoms with Gasteiger partial charge in [-0.3, -0.25) is 28.8 Å². The van der Waals surface area contributed by atoms with E-state index in [-0.39, 0.29) is 64.0 Å². The molecule has 0 saturated carbocycles. The zero-order valence-electron chi connectivity index (χ0n) is 44.9. The summed E-state index contributed by atoms with van der Waals surface area (Å²) < 4.78 is 38.6. The first-order valence-corrected chi connectivity index (χ1v) is 27.7. The minimum atomic E-state index is -2.33. The number of carbonyl (C=O) groups excluding carboxylic acids is 7. The van der Waals surface area contributed by atoms with Crippen molar-refractivity contribution in [1.29, 1.82) is 0 Å². The largest absolute Gasteiger partial charge is 0.466 e. The molecular formula is C55H99NO14. The maximum absolute atomic E-state index is 14.1. The third-order valence-electron chi connectivity index (χ3n) is 11.9. The van der Waals surface area contributed by atoms with Gasteiger partial charge in [-0.15, -0.1) is 0 Å². The fourth-order valence-electron chi connectivity index (χ4n) is 7.59. The van der Waals surface area contributed by atoms with Crippen LogP contribution < -0.4 is 0 Å². The molecule has 0 amide bonds. The van der Waals surface area contributed by atoms with Crippen LogP contribution in [0.25, 0.3) is 0 Å². The molecule has 0 saturated heterocycles. The van der Waals surface area contributed by atoms with Gasteiger partial charge in [-0.25, -0.2) is 4.79 Å². The van der Waals surface area contributed by atoms with Gasteiger partial charge >= 0.3 is 41.8 Å². The summed E-state index contributed by atoms with van der Waals surface area (Å²) in [6.45, 7) is 8.08. The summed E-state index contributed by atoms with van der Waals surface area (Å²) in [5.41, 5.74) is -2.33. The Balaban J connectivity index is 5.62. The van der Waals surface area contributed by atoms with Crippen molar-refractivity contribution in [2.24, 2.45) is 0 Å². The second kappa shape index (κ2) is 47.6. The molecule has 0 aromatic heterocycles. The average Bonchev–Trinajstić information content (AvgIpc) is 3.32. The van der Waals surface area contributed by atoms with Crippen LogP contribution in [0.1, 0.15) is 245 Å². The Morgan fingerprint density at radius 2 is 0.586 bits per heavy atom. The van der Waals surface area contributed by atoms with Gasteiger partial charge in [0.15, 0.2) is 0 Å². The molecule has 0 unspecified atom stereocenters. The number of carbonyl (C=O) groups is 7. The number of hydrogen-bond acceptors (Lipinski definition) is 15. The lowest BCUT2D eigenvalue weighted by Gasteiger charge is -2.30. The van der Waals surface area contributed by atoms with Gasteiger partial charge in [0.25, 0.3) is 0 Å². The molecule has 0 aliphatic rings. The van der Waals surface area contributed by atoms with Crippen LogP contribution in [0.15, 0.2) is 0 Å². The van der Waals surface area contributed by atoms with E-state index in [2.05, 4.69) is 25.7 Å². The van der Waals surface area contributed by atoms with Gasteiger partial charge in [-0.05, 0) is 111 Å². The van der Waals surface area contributed by atoms with Gasteiger partial charge in [0.1, 0.15) is 0 Å². The summed E-state index contributed by atoms with van der Waals surface area (Å²) in [7, 11) is 4.04. The van der Waals surface area contributed by atoms with E-state index in [0.29, 0.717) is 83.5 Å². The van der Waals surface area contributed by atoms with Gasteiger partial charge in [-0.2, -0.15) is 0 Å². The van der Waals surface area contributed by atoms with Gasteiger partial charge in [0, 0.05) is 25.7 Å². The Kier molecular flexibility index (Phi) is 45.0. The Hall–Kier alpha value is -3.75. The standard InChI is InChI=1S/C55H99NO14/c1-6-9-12-16-24-35-48(57)64-40-29-21-32-43-67-52(61)46-55(70-51(60)38-27-19-15-20-28-39-56(4)5,54(63)69-45-34-23-31-42-66-50(59)37-26-18-14-11-8-3)47-53(62)68-44-33-22-30-41-65-49(58)36-25-17-13-10-7-2/h6-47H2,1-5H3. The number of nitrogens with zero attached hydrogens (tertiary/aromatic N) is 1. The monoisotopic (exact) mass is 998 g/mol. The molecule has 0 radical (unpaired) electrons. The zero-order valence-corrected chi connectivity index (χ0v) is 44.9. The molecule has 0 aliphatic carbocycles. The molecule has 0 fully saturated rings. The number of rotatable bonds is 50. The van der Waals surface area contributed by atoms with Crippen molar-refractivity contribution >= 4 is 41.8 Å². The van der Waals surface area contributed by atoms with Crippen molar-refractivity contribution < 1.29 is 66.7 Å². The highest BCUT2D eigenvalue weighted by molar-refractivity contribution is 5.92. The summed E-state index contributed by atoms with van der Waals surface area (Å²) in [6, 6.07) is 0. The van der Waals surface area contributed by atoms with E-state index in [1.54, 1.807) is 0 Å². The van der Waals surface area contributed by atoms with Crippen LogP contribution in [0.3, 0.4) is 0 Å². The van der Waals surface area contributed by atoms with Crippen molar-refractivity contribution in [3.8, 4) is 0 Å². The van der Waals surface area contributed by atoms with Crippen LogP contribution in [0.4, 0.5) is 0 Å². The van der Waals surface area contributed by atoms with E-state index in [1.165, 1.54) is 0 Å². The predicted molar refractivity (Wildman–Crippen MR) is 272 cm³/mol. The van der Waals surface area contributed by atoms with Crippen LogP contribution >= 0.6 is 0 Å². The maximum atomic E-state index is 14.1. The van der Waals surface area contributed by atoms with Crippen molar-refractivity contribution in [3.63, 3.8) is 0 Å². The molecule has 0 rings (SSSR count). The third-order valence-corrected chi connectivity index (χ3v) is 11.9. The van der Waals surface area contributed by atoms with Gasteiger partial charge in [0.05, 0.1) is 52.5 Å². The second-order valence-electron chi connectivity index (χ2n) is 19.1. The summed E-state index contributed by atoms with van der Waals surface area (Å²) in [5, 5.41) is 0. The van der Waals surface area contributed by atoms with Crippen LogP contribution in [-0.2, 0) is 66.7 Å².